The van der Waals surface area contributed by atoms with E-state index in [1.165, 1.54) is 6.08 Å². The van der Waals surface area contributed by atoms with Crippen LogP contribution in [0.3, 0.4) is 0 Å². The van der Waals surface area contributed by atoms with E-state index in [2.05, 4.69) is 6.58 Å². The molecule has 1 heterocycles. The van der Waals surface area contributed by atoms with Crippen LogP contribution in [0.2, 0.25) is 0 Å². The minimum Gasteiger partial charge on any atom is -0.457 e. The molecule has 0 amide bonds. The van der Waals surface area contributed by atoms with Crippen molar-refractivity contribution in [1.82, 2.24) is 0 Å². The van der Waals surface area contributed by atoms with Gasteiger partial charge in [-0.2, -0.15) is 0 Å². The number of aliphatic hydroxyl groups is 1. The second-order valence-corrected chi connectivity index (χ2v) is 7.60. The summed E-state index contributed by atoms with van der Waals surface area (Å²) in [7, 11) is 0. The summed E-state index contributed by atoms with van der Waals surface area (Å²) in [6.07, 6.45) is 2.00. The number of rotatable bonds is 2. The number of ether oxygens (including phenoxy) is 2. The molecule has 1 aliphatic heterocycles. The lowest BCUT2D eigenvalue weighted by atomic mass is 9.67. The maximum atomic E-state index is 12.8. The Morgan fingerprint density at radius 1 is 1.42 bits per heavy atom. The van der Waals surface area contributed by atoms with Crippen LogP contribution in [-0.4, -0.2) is 41.1 Å². The number of allylic oxidation sites excluding steroid dienone is 3. The Bertz CT molecular complexity index is 747. The van der Waals surface area contributed by atoms with Crippen LogP contribution < -0.4 is 0 Å². The van der Waals surface area contributed by atoms with Gasteiger partial charge in [-0.05, 0) is 38.7 Å². The van der Waals surface area contributed by atoms with E-state index in [0.717, 1.165) is 0 Å². The van der Waals surface area contributed by atoms with Crippen molar-refractivity contribution in [3.05, 3.63) is 36.0 Å². The Balaban J connectivity index is 2.14. The van der Waals surface area contributed by atoms with Gasteiger partial charge in [-0.15, -0.1) is 0 Å². The lowest BCUT2D eigenvalue weighted by Gasteiger charge is -2.39. The van der Waals surface area contributed by atoms with Crippen molar-refractivity contribution < 1.29 is 29.0 Å². The highest BCUT2D eigenvalue weighted by molar-refractivity contribution is 5.99. The minimum absolute atomic E-state index is 0.124. The van der Waals surface area contributed by atoms with Gasteiger partial charge in [0.15, 0.2) is 5.78 Å². The van der Waals surface area contributed by atoms with Crippen molar-refractivity contribution in [1.29, 1.82) is 0 Å². The lowest BCUT2D eigenvalue weighted by molar-refractivity contribution is -0.161. The Morgan fingerprint density at radius 2 is 2.08 bits per heavy atom. The molecule has 0 aromatic heterocycles. The van der Waals surface area contributed by atoms with Gasteiger partial charge in [-0.1, -0.05) is 25.7 Å². The summed E-state index contributed by atoms with van der Waals surface area (Å²) in [5, 5.41) is 10.8. The Hall–Kier alpha value is -2.21. The van der Waals surface area contributed by atoms with E-state index in [1.54, 1.807) is 32.9 Å². The van der Waals surface area contributed by atoms with Gasteiger partial charge >= 0.3 is 11.9 Å². The number of esters is 2. The first-order valence-electron chi connectivity index (χ1n) is 8.79. The minimum atomic E-state index is -1.10. The predicted molar refractivity (Wildman–Crippen MR) is 92.7 cm³/mol. The molecule has 0 radical (unpaired) electrons. The number of hydrogen-bond donors (Lipinski definition) is 1. The number of fused-ring (bicyclic) bond motifs is 2. The molecule has 6 nitrogen and oxygen atoms in total. The number of carbonyl (C=O) groups is 3. The van der Waals surface area contributed by atoms with Crippen LogP contribution in [0.25, 0.3) is 0 Å². The van der Waals surface area contributed by atoms with Crippen molar-refractivity contribution in [3.63, 3.8) is 0 Å². The van der Waals surface area contributed by atoms with Crippen LogP contribution in [0, 0.1) is 23.2 Å². The molecule has 1 saturated carbocycles. The average molecular weight is 360 g/mol. The van der Waals surface area contributed by atoms with Crippen LogP contribution in [0.4, 0.5) is 0 Å². The molecule has 140 valence electrons. The summed E-state index contributed by atoms with van der Waals surface area (Å²) in [6, 6.07) is 0. The largest absolute Gasteiger partial charge is 0.457 e. The monoisotopic (exact) mass is 360 g/mol. The van der Waals surface area contributed by atoms with Crippen LogP contribution in [0.5, 0.6) is 0 Å². The number of carbonyl (C=O) groups excluding carboxylic acids is 3. The molecule has 0 bridgehead atoms. The molecule has 0 aromatic carbocycles. The van der Waals surface area contributed by atoms with Gasteiger partial charge in [0, 0.05) is 11.1 Å². The van der Waals surface area contributed by atoms with Gasteiger partial charge in [0.25, 0.3) is 0 Å². The van der Waals surface area contributed by atoms with Crippen LogP contribution in [0.15, 0.2) is 36.0 Å². The Labute approximate surface area is 152 Å². The van der Waals surface area contributed by atoms with Gasteiger partial charge in [0.05, 0.1) is 17.4 Å². The molecule has 26 heavy (non-hydrogen) atoms. The molecule has 6 heteroatoms. The zero-order valence-corrected chi connectivity index (χ0v) is 15.4. The van der Waals surface area contributed by atoms with Crippen molar-refractivity contribution in [3.8, 4) is 0 Å². The van der Waals surface area contributed by atoms with Gasteiger partial charge < -0.3 is 14.6 Å². The normalized spacial score (nSPS) is 42.2. The fraction of sp³-hybridized carbons (Fsp3) is 0.550. The zero-order chi connectivity index (χ0) is 19.4. The Morgan fingerprint density at radius 3 is 2.69 bits per heavy atom. The first-order valence-corrected chi connectivity index (χ1v) is 8.79. The van der Waals surface area contributed by atoms with E-state index in [-0.39, 0.29) is 23.2 Å². The molecule has 7 atom stereocenters. The van der Waals surface area contributed by atoms with E-state index in [9.17, 15) is 19.5 Å². The second kappa shape index (κ2) is 6.20. The average Bonchev–Trinajstić information content (AvgIpc) is 3.06. The molecule has 0 unspecified atom stereocenters. The topological polar surface area (TPSA) is 89.9 Å². The molecule has 3 aliphatic rings. The molecule has 0 spiro atoms. The van der Waals surface area contributed by atoms with Crippen molar-refractivity contribution in [2.45, 2.75) is 46.0 Å². The third-order valence-electron chi connectivity index (χ3n) is 6.29. The van der Waals surface area contributed by atoms with Gasteiger partial charge in [0.1, 0.15) is 12.2 Å². The van der Waals surface area contributed by atoms with Crippen LogP contribution in [-0.2, 0) is 23.9 Å². The number of ketones is 1. The van der Waals surface area contributed by atoms with E-state index in [1.807, 2.05) is 6.92 Å². The SMILES string of the molecule is C=C1C(=O)O[C@@H]2[C@H](O)[C@H](C)[C@H]3C=CC(=O)[C@]3(C)[C@@H](OC(=O)/C(C)=C/C)[C@@H]12. The van der Waals surface area contributed by atoms with Gasteiger partial charge in [0.2, 0.25) is 0 Å². The highest BCUT2D eigenvalue weighted by atomic mass is 16.6. The fourth-order valence-electron chi connectivity index (χ4n) is 4.44. The van der Waals surface area contributed by atoms with Crippen LogP contribution >= 0.6 is 0 Å². The molecule has 1 N–H and O–H groups in total. The number of hydrogen-bond acceptors (Lipinski definition) is 6. The predicted octanol–water partition coefficient (Wildman–Crippen LogP) is 1.73. The zero-order valence-electron chi connectivity index (χ0n) is 15.4. The molecular weight excluding hydrogens is 336 g/mol. The third kappa shape index (κ3) is 2.39. The van der Waals surface area contributed by atoms with Gasteiger partial charge in [-0.3, -0.25) is 4.79 Å². The van der Waals surface area contributed by atoms with E-state index < -0.39 is 41.6 Å². The molecule has 2 fully saturated rings. The van der Waals surface area contributed by atoms with Crippen molar-refractivity contribution >= 4 is 17.7 Å². The molecule has 1 saturated heterocycles. The smallest absolute Gasteiger partial charge is 0.334 e. The molecule has 0 aromatic rings. The summed E-state index contributed by atoms with van der Waals surface area (Å²) < 4.78 is 11.1. The molecule has 3 rings (SSSR count). The standard InChI is InChI=1S/C20H24O6/c1-6-9(2)18(23)26-17-14-11(4)19(24)25-16(14)15(22)10(3)12-7-8-13(21)20(12,17)5/h6-8,10,12,14-17,22H,4H2,1-3,5H3/b9-6+/t10-,12-,14+,15-,16+,17+,20-/m1/s1. The molecule has 2 aliphatic carbocycles. The third-order valence-corrected chi connectivity index (χ3v) is 6.29. The van der Waals surface area contributed by atoms with Crippen LogP contribution in [0.1, 0.15) is 27.7 Å². The first kappa shape index (κ1) is 18.6. The summed E-state index contributed by atoms with van der Waals surface area (Å²) >= 11 is 0. The summed E-state index contributed by atoms with van der Waals surface area (Å²) in [5.74, 6) is -2.86. The quantitative estimate of drug-likeness (QED) is 0.596. The lowest BCUT2D eigenvalue weighted by Crippen LogP contribution is -2.49. The van der Waals surface area contributed by atoms with E-state index in [4.69, 9.17) is 9.47 Å². The highest BCUT2D eigenvalue weighted by Crippen LogP contribution is 2.54. The first-order chi connectivity index (χ1) is 12.1. The fourth-order valence-corrected chi connectivity index (χ4v) is 4.44. The summed E-state index contributed by atoms with van der Waals surface area (Å²) in [4.78, 5) is 37.4. The maximum Gasteiger partial charge on any atom is 0.334 e. The van der Waals surface area contributed by atoms with E-state index >= 15 is 0 Å². The number of aliphatic hydroxyl groups excluding tert-OH is 1. The Kier molecular flexibility index (Phi) is 4.43. The van der Waals surface area contributed by atoms with Crippen molar-refractivity contribution in [2.75, 3.05) is 0 Å². The second-order valence-electron chi connectivity index (χ2n) is 7.60. The summed E-state index contributed by atoms with van der Waals surface area (Å²) in [5.41, 5.74) is -0.576. The van der Waals surface area contributed by atoms with Gasteiger partial charge in [-0.25, -0.2) is 9.59 Å². The maximum absolute atomic E-state index is 12.8. The van der Waals surface area contributed by atoms with E-state index in [0.29, 0.717) is 5.57 Å². The highest BCUT2D eigenvalue weighted by Gasteiger charge is 2.64. The summed E-state index contributed by atoms with van der Waals surface area (Å²) in [6.45, 7) is 10.7. The van der Waals surface area contributed by atoms with Crippen molar-refractivity contribution in [2.24, 2.45) is 23.2 Å². The molecular formula is C20H24O6.